The average Bonchev–Trinajstić information content (AvgIpc) is 2.84. The van der Waals surface area contributed by atoms with Crippen LogP contribution in [0.15, 0.2) is 12.3 Å². The standard InChI is InChI=1S/C14H13F4N3/c1-21-11-4-2-3-10(7(11)6-19-21)20-14-12(17)8(15)5-9(16)13(14)18/h5-6,10,20H,2-4H2,1H3. The van der Waals surface area contributed by atoms with Gasteiger partial charge in [-0.2, -0.15) is 5.10 Å². The van der Waals surface area contributed by atoms with Gasteiger partial charge in [-0.3, -0.25) is 4.68 Å². The molecule has 1 heterocycles. The summed E-state index contributed by atoms with van der Waals surface area (Å²) in [5, 5.41) is 6.70. The number of fused-ring (bicyclic) bond motifs is 1. The summed E-state index contributed by atoms with van der Waals surface area (Å²) in [4.78, 5) is 0. The number of nitrogens with zero attached hydrogens (tertiary/aromatic N) is 2. The highest BCUT2D eigenvalue weighted by Crippen LogP contribution is 2.34. The highest BCUT2D eigenvalue weighted by molar-refractivity contribution is 5.50. The summed E-state index contributed by atoms with van der Waals surface area (Å²) in [6.45, 7) is 0. The van der Waals surface area contributed by atoms with Crippen LogP contribution in [0.25, 0.3) is 0 Å². The van der Waals surface area contributed by atoms with Crippen LogP contribution in [0.5, 0.6) is 0 Å². The van der Waals surface area contributed by atoms with E-state index in [1.807, 2.05) is 0 Å². The number of aryl methyl sites for hydroxylation is 1. The molecule has 1 N–H and O–H groups in total. The fourth-order valence-corrected chi connectivity index (χ4v) is 2.73. The molecule has 0 spiro atoms. The quantitative estimate of drug-likeness (QED) is 0.680. The van der Waals surface area contributed by atoms with E-state index in [1.165, 1.54) is 0 Å². The molecular weight excluding hydrogens is 286 g/mol. The molecule has 3 rings (SSSR count). The summed E-state index contributed by atoms with van der Waals surface area (Å²) in [6, 6.07) is -0.223. The van der Waals surface area contributed by atoms with Gasteiger partial charge in [-0.05, 0) is 19.3 Å². The minimum atomic E-state index is -1.42. The molecule has 0 amide bonds. The van der Waals surface area contributed by atoms with Crippen LogP contribution in [0.1, 0.15) is 30.1 Å². The zero-order valence-corrected chi connectivity index (χ0v) is 11.3. The highest BCUT2D eigenvalue weighted by Gasteiger charge is 2.27. The predicted molar refractivity (Wildman–Crippen MR) is 68.8 cm³/mol. The topological polar surface area (TPSA) is 29.9 Å². The van der Waals surface area contributed by atoms with E-state index in [0.29, 0.717) is 6.42 Å². The maximum atomic E-state index is 13.7. The fraction of sp³-hybridized carbons (Fsp3) is 0.357. The van der Waals surface area contributed by atoms with Gasteiger partial charge in [-0.15, -0.1) is 0 Å². The lowest BCUT2D eigenvalue weighted by Gasteiger charge is -2.25. The zero-order valence-electron chi connectivity index (χ0n) is 11.3. The van der Waals surface area contributed by atoms with Gasteiger partial charge in [-0.25, -0.2) is 17.6 Å². The van der Waals surface area contributed by atoms with E-state index in [2.05, 4.69) is 10.4 Å². The third-order valence-corrected chi connectivity index (χ3v) is 3.81. The fourth-order valence-electron chi connectivity index (χ4n) is 2.73. The SMILES string of the molecule is Cn1ncc2c1CCCC2Nc1c(F)c(F)cc(F)c1F. The lowest BCUT2D eigenvalue weighted by molar-refractivity contribution is 0.454. The lowest BCUT2D eigenvalue weighted by Crippen LogP contribution is -2.19. The Balaban J connectivity index is 1.99. The number of rotatable bonds is 2. The number of aromatic nitrogens is 2. The molecule has 2 aromatic rings. The summed E-state index contributed by atoms with van der Waals surface area (Å²) in [5.41, 5.74) is 0.984. The van der Waals surface area contributed by atoms with Crippen molar-refractivity contribution in [3.63, 3.8) is 0 Å². The normalized spacial score (nSPS) is 17.7. The first-order valence-corrected chi connectivity index (χ1v) is 6.59. The van der Waals surface area contributed by atoms with Crippen LogP contribution in [-0.4, -0.2) is 9.78 Å². The van der Waals surface area contributed by atoms with E-state index in [9.17, 15) is 17.6 Å². The van der Waals surface area contributed by atoms with Crippen LogP contribution >= 0.6 is 0 Å². The average molecular weight is 299 g/mol. The van der Waals surface area contributed by atoms with Crippen molar-refractivity contribution in [1.29, 1.82) is 0 Å². The number of benzene rings is 1. The number of halogens is 4. The van der Waals surface area contributed by atoms with Gasteiger partial charge >= 0.3 is 0 Å². The van der Waals surface area contributed by atoms with Gasteiger partial charge < -0.3 is 5.32 Å². The maximum Gasteiger partial charge on any atom is 0.185 e. The van der Waals surface area contributed by atoms with E-state index in [-0.39, 0.29) is 6.07 Å². The van der Waals surface area contributed by atoms with Crippen LogP contribution in [0.3, 0.4) is 0 Å². The first kappa shape index (κ1) is 13.9. The van der Waals surface area contributed by atoms with Crippen molar-refractivity contribution in [3.05, 3.63) is 46.8 Å². The predicted octanol–water partition coefficient (Wildman–Crippen LogP) is 3.47. The highest BCUT2D eigenvalue weighted by atomic mass is 19.2. The summed E-state index contributed by atoms with van der Waals surface area (Å²) < 4.78 is 55.6. The van der Waals surface area contributed by atoms with Gasteiger partial charge in [0.05, 0.1) is 12.2 Å². The summed E-state index contributed by atoms with van der Waals surface area (Å²) in [5.74, 6) is -5.66. The van der Waals surface area contributed by atoms with Gasteiger partial charge in [0.25, 0.3) is 0 Å². The molecule has 1 aliphatic carbocycles. The van der Waals surface area contributed by atoms with Crippen LogP contribution in [0.4, 0.5) is 23.2 Å². The molecule has 21 heavy (non-hydrogen) atoms. The van der Waals surface area contributed by atoms with E-state index in [1.54, 1.807) is 17.9 Å². The molecule has 3 nitrogen and oxygen atoms in total. The third-order valence-electron chi connectivity index (χ3n) is 3.81. The molecular formula is C14H13F4N3. The molecule has 1 unspecified atom stereocenters. The van der Waals surface area contributed by atoms with Crippen molar-refractivity contribution in [2.24, 2.45) is 7.05 Å². The molecule has 0 bridgehead atoms. The molecule has 0 fully saturated rings. The van der Waals surface area contributed by atoms with Gasteiger partial charge in [-0.1, -0.05) is 0 Å². The maximum absolute atomic E-state index is 13.7. The molecule has 0 aliphatic heterocycles. The second-order valence-corrected chi connectivity index (χ2v) is 5.10. The van der Waals surface area contributed by atoms with Crippen LogP contribution in [0, 0.1) is 23.3 Å². The van der Waals surface area contributed by atoms with Crippen LogP contribution in [-0.2, 0) is 13.5 Å². The molecule has 112 valence electrons. The van der Waals surface area contributed by atoms with Crippen molar-refractivity contribution in [1.82, 2.24) is 9.78 Å². The molecule has 1 atom stereocenters. The number of nitrogens with one attached hydrogen (secondary N) is 1. The van der Waals surface area contributed by atoms with E-state index in [0.717, 1.165) is 24.1 Å². The van der Waals surface area contributed by atoms with Crippen LogP contribution in [0.2, 0.25) is 0 Å². The summed E-state index contributed by atoms with van der Waals surface area (Å²) >= 11 is 0. The Hall–Kier alpha value is -2.05. The molecule has 7 heteroatoms. The Morgan fingerprint density at radius 2 is 1.86 bits per heavy atom. The Morgan fingerprint density at radius 1 is 1.19 bits per heavy atom. The van der Waals surface area contributed by atoms with Gasteiger partial charge in [0.2, 0.25) is 0 Å². The second-order valence-electron chi connectivity index (χ2n) is 5.10. The van der Waals surface area contributed by atoms with Crippen LogP contribution < -0.4 is 5.32 Å². The zero-order chi connectivity index (χ0) is 15.1. The van der Waals surface area contributed by atoms with E-state index >= 15 is 0 Å². The Labute approximate surface area is 118 Å². The van der Waals surface area contributed by atoms with Crippen molar-refractivity contribution in [2.75, 3.05) is 5.32 Å². The van der Waals surface area contributed by atoms with Gasteiger partial charge in [0, 0.05) is 24.4 Å². The van der Waals surface area contributed by atoms with Crippen molar-refractivity contribution in [3.8, 4) is 0 Å². The van der Waals surface area contributed by atoms with Crippen molar-refractivity contribution < 1.29 is 17.6 Å². The van der Waals surface area contributed by atoms with E-state index < -0.39 is 35.0 Å². The third kappa shape index (κ3) is 2.26. The van der Waals surface area contributed by atoms with E-state index in [4.69, 9.17) is 0 Å². The Kier molecular flexibility index (Phi) is 3.35. The second kappa shape index (κ2) is 5.05. The van der Waals surface area contributed by atoms with Crippen molar-refractivity contribution >= 4 is 5.69 Å². The van der Waals surface area contributed by atoms with Crippen molar-refractivity contribution in [2.45, 2.75) is 25.3 Å². The first-order chi connectivity index (χ1) is 9.99. The smallest absolute Gasteiger partial charge is 0.185 e. The van der Waals surface area contributed by atoms with Gasteiger partial charge in [0.1, 0.15) is 5.69 Å². The lowest BCUT2D eigenvalue weighted by atomic mass is 9.92. The summed E-state index contributed by atoms with van der Waals surface area (Å²) in [6.07, 6.45) is 3.82. The number of hydrogen-bond acceptors (Lipinski definition) is 2. The number of anilines is 1. The minimum Gasteiger partial charge on any atom is -0.373 e. The molecule has 0 saturated carbocycles. The molecule has 1 aromatic heterocycles. The Bertz CT molecular complexity index is 670. The first-order valence-electron chi connectivity index (χ1n) is 6.59. The largest absolute Gasteiger partial charge is 0.373 e. The molecule has 1 aromatic carbocycles. The molecule has 0 radical (unpaired) electrons. The number of hydrogen-bond donors (Lipinski definition) is 1. The summed E-state index contributed by atoms with van der Waals surface area (Å²) in [7, 11) is 1.78. The van der Waals surface area contributed by atoms with Gasteiger partial charge in [0.15, 0.2) is 23.3 Å². The molecule has 0 saturated heterocycles. The monoisotopic (exact) mass is 299 g/mol. The molecule has 1 aliphatic rings. The minimum absolute atomic E-state index is 0.201. The Morgan fingerprint density at radius 3 is 2.52 bits per heavy atom.